The van der Waals surface area contributed by atoms with Crippen molar-refractivity contribution < 1.29 is 4.39 Å². The third-order valence-electron chi connectivity index (χ3n) is 2.38. The van der Waals surface area contributed by atoms with E-state index in [0.717, 1.165) is 18.4 Å². The summed E-state index contributed by atoms with van der Waals surface area (Å²) in [5, 5.41) is 0. The third-order valence-corrected chi connectivity index (χ3v) is 2.38. The lowest BCUT2D eigenvalue weighted by atomic mass is 10.1. The average Bonchev–Trinajstić information content (AvgIpc) is 2.94. The normalized spacial score (nSPS) is 16.4. The molecule has 0 radical (unpaired) electrons. The van der Waals surface area contributed by atoms with E-state index >= 15 is 0 Å². The molecular weight excluding hydrogens is 181 g/mol. The molecule has 4 N–H and O–H groups in total. The van der Waals surface area contributed by atoms with E-state index in [1.807, 2.05) is 0 Å². The van der Waals surface area contributed by atoms with Crippen molar-refractivity contribution >= 4 is 17.7 Å². The van der Waals surface area contributed by atoms with Gasteiger partial charge in [0.15, 0.2) is 0 Å². The zero-order valence-corrected chi connectivity index (χ0v) is 7.70. The molecule has 1 aliphatic carbocycles. The maximum Gasteiger partial charge on any atom is 0.146 e. The number of rotatable bonds is 2. The average molecular weight is 193 g/mol. The van der Waals surface area contributed by atoms with Gasteiger partial charge in [0.25, 0.3) is 0 Å². The summed E-state index contributed by atoms with van der Waals surface area (Å²) in [6, 6.07) is 3.00. The van der Waals surface area contributed by atoms with Crippen LogP contribution in [0.1, 0.15) is 24.3 Å². The van der Waals surface area contributed by atoms with Crippen molar-refractivity contribution in [3.63, 3.8) is 0 Å². The minimum atomic E-state index is -0.372. The molecule has 0 atom stereocenters. The van der Waals surface area contributed by atoms with Crippen molar-refractivity contribution in [3.8, 4) is 0 Å². The first kappa shape index (κ1) is 8.99. The van der Waals surface area contributed by atoms with Crippen molar-refractivity contribution in [2.24, 2.45) is 10.7 Å². The van der Waals surface area contributed by atoms with Crippen LogP contribution in [-0.2, 0) is 0 Å². The van der Waals surface area contributed by atoms with Crippen LogP contribution < -0.4 is 11.5 Å². The number of hydrogen-bond donors (Lipinski definition) is 2. The lowest BCUT2D eigenvalue weighted by molar-refractivity contribution is 0.630. The number of aliphatic imine (C=N–C) groups is 1. The minimum Gasteiger partial charge on any atom is -0.396 e. The molecule has 1 saturated carbocycles. The Morgan fingerprint density at radius 2 is 2.14 bits per heavy atom. The summed E-state index contributed by atoms with van der Waals surface area (Å²) < 4.78 is 13.2. The van der Waals surface area contributed by atoms with Crippen molar-refractivity contribution in [3.05, 3.63) is 23.5 Å². The molecule has 0 bridgehead atoms. The standard InChI is InChI=1S/C10H12FN3/c11-8-3-7(6-1-2-6)10(14-5-12)4-9(8)13/h3-6H,1-2,13H2,(H2,12,14). The largest absolute Gasteiger partial charge is 0.396 e. The fraction of sp³-hybridized carbons (Fsp3) is 0.300. The fourth-order valence-corrected chi connectivity index (χ4v) is 1.51. The molecule has 0 unspecified atom stereocenters. The number of anilines is 1. The third kappa shape index (κ3) is 1.55. The van der Waals surface area contributed by atoms with E-state index in [1.54, 1.807) is 0 Å². The summed E-state index contributed by atoms with van der Waals surface area (Å²) in [4.78, 5) is 3.98. The Labute approximate surface area is 81.6 Å². The van der Waals surface area contributed by atoms with Gasteiger partial charge in [-0.1, -0.05) is 0 Å². The van der Waals surface area contributed by atoms with Gasteiger partial charge in [-0.25, -0.2) is 9.38 Å². The van der Waals surface area contributed by atoms with Gasteiger partial charge in [-0.15, -0.1) is 0 Å². The number of halogens is 1. The second-order valence-corrected chi connectivity index (χ2v) is 3.48. The highest BCUT2D eigenvalue weighted by Crippen LogP contribution is 2.45. The van der Waals surface area contributed by atoms with Crippen molar-refractivity contribution in [1.82, 2.24) is 0 Å². The van der Waals surface area contributed by atoms with Crippen LogP contribution in [0.15, 0.2) is 17.1 Å². The molecule has 14 heavy (non-hydrogen) atoms. The Bertz CT molecular complexity index is 383. The van der Waals surface area contributed by atoms with Crippen LogP contribution in [0.5, 0.6) is 0 Å². The quantitative estimate of drug-likeness (QED) is 0.428. The number of nitrogens with zero attached hydrogens (tertiary/aromatic N) is 1. The van der Waals surface area contributed by atoms with Crippen LogP contribution in [-0.4, -0.2) is 6.34 Å². The van der Waals surface area contributed by atoms with Crippen LogP contribution in [0.2, 0.25) is 0 Å². The molecule has 0 spiro atoms. The number of benzene rings is 1. The van der Waals surface area contributed by atoms with Crippen LogP contribution in [0.4, 0.5) is 15.8 Å². The van der Waals surface area contributed by atoms with Crippen LogP contribution in [0, 0.1) is 5.82 Å². The minimum absolute atomic E-state index is 0.120. The second kappa shape index (κ2) is 3.29. The fourth-order valence-electron chi connectivity index (χ4n) is 1.51. The summed E-state index contributed by atoms with van der Waals surface area (Å²) in [6.45, 7) is 0. The Kier molecular flexibility index (Phi) is 2.11. The zero-order chi connectivity index (χ0) is 10.1. The molecule has 0 amide bonds. The lowest BCUT2D eigenvalue weighted by Crippen LogP contribution is -1.94. The van der Waals surface area contributed by atoms with E-state index in [-0.39, 0.29) is 11.5 Å². The molecule has 1 aliphatic rings. The van der Waals surface area contributed by atoms with Crippen LogP contribution in [0.3, 0.4) is 0 Å². The Balaban J connectivity index is 2.48. The first-order valence-electron chi connectivity index (χ1n) is 4.55. The first-order chi connectivity index (χ1) is 6.72. The van der Waals surface area contributed by atoms with Gasteiger partial charge in [0, 0.05) is 0 Å². The maximum absolute atomic E-state index is 13.2. The molecule has 1 aromatic rings. The SMILES string of the molecule is NC=Nc1cc(N)c(F)cc1C1CC1. The van der Waals surface area contributed by atoms with Crippen molar-refractivity contribution in [2.45, 2.75) is 18.8 Å². The van der Waals surface area contributed by atoms with E-state index in [4.69, 9.17) is 11.5 Å². The number of nitrogen functional groups attached to an aromatic ring is 1. The van der Waals surface area contributed by atoms with E-state index < -0.39 is 0 Å². The molecule has 4 heteroatoms. The van der Waals surface area contributed by atoms with Gasteiger partial charge in [0.2, 0.25) is 0 Å². The Morgan fingerprint density at radius 1 is 1.43 bits per heavy atom. The summed E-state index contributed by atoms with van der Waals surface area (Å²) >= 11 is 0. The smallest absolute Gasteiger partial charge is 0.146 e. The molecule has 74 valence electrons. The topological polar surface area (TPSA) is 64.4 Å². The molecule has 3 nitrogen and oxygen atoms in total. The molecule has 0 aromatic heterocycles. The molecule has 1 aromatic carbocycles. The number of nitrogens with two attached hydrogens (primary N) is 2. The lowest BCUT2D eigenvalue weighted by Gasteiger charge is -2.05. The molecule has 0 saturated heterocycles. The molecule has 0 heterocycles. The van der Waals surface area contributed by atoms with Gasteiger partial charge in [-0.3, -0.25) is 0 Å². The predicted octanol–water partition coefficient (Wildman–Crippen LogP) is 1.90. The highest BCUT2D eigenvalue weighted by Gasteiger charge is 2.27. The van der Waals surface area contributed by atoms with Gasteiger partial charge in [-0.05, 0) is 36.5 Å². The van der Waals surface area contributed by atoms with Crippen molar-refractivity contribution in [2.75, 3.05) is 5.73 Å². The first-order valence-corrected chi connectivity index (χ1v) is 4.55. The van der Waals surface area contributed by atoms with Gasteiger partial charge in [-0.2, -0.15) is 0 Å². The molecular formula is C10H12FN3. The van der Waals surface area contributed by atoms with Gasteiger partial charge in [0.1, 0.15) is 5.82 Å². The summed E-state index contributed by atoms with van der Waals surface area (Å²) in [5.41, 5.74) is 12.4. The van der Waals surface area contributed by atoms with E-state index in [2.05, 4.69) is 4.99 Å². The van der Waals surface area contributed by atoms with E-state index in [9.17, 15) is 4.39 Å². The molecule has 1 fully saturated rings. The number of hydrogen-bond acceptors (Lipinski definition) is 2. The summed E-state index contributed by atoms with van der Waals surface area (Å²) in [7, 11) is 0. The summed E-state index contributed by atoms with van der Waals surface area (Å²) in [5.74, 6) is 0.0617. The van der Waals surface area contributed by atoms with Gasteiger partial charge in [0.05, 0.1) is 17.7 Å². The summed E-state index contributed by atoms with van der Waals surface area (Å²) in [6.07, 6.45) is 3.39. The highest BCUT2D eigenvalue weighted by atomic mass is 19.1. The van der Waals surface area contributed by atoms with Gasteiger partial charge >= 0.3 is 0 Å². The second-order valence-electron chi connectivity index (χ2n) is 3.48. The maximum atomic E-state index is 13.2. The zero-order valence-electron chi connectivity index (χ0n) is 7.70. The van der Waals surface area contributed by atoms with Crippen LogP contribution in [0.25, 0.3) is 0 Å². The van der Waals surface area contributed by atoms with E-state index in [0.29, 0.717) is 11.6 Å². The Morgan fingerprint density at radius 3 is 2.71 bits per heavy atom. The van der Waals surface area contributed by atoms with Crippen LogP contribution >= 0.6 is 0 Å². The highest BCUT2D eigenvalue weighted by molar-refractivity contribution is 5.66. The van der Waals surface area contributed by atoms with E-state index in [1.165, 1.54) is 18.5 Å². The monoisotopic (exact) mass is 193 g/mol. The van der Waals surface area contributed by atoms with Crippen molar-refractivity contribution in [1.29, 1.82) is 0 Å². The Hall–Kier alpha value is -1.58. The molecule has 2 rings (SSSR count). The molecule has 0 aliphatic heterocycles. The predicted molar refractivity (Wildman–Crippen MR) is 55.1 cm³/mol. The van der Waals surface area contributed by atoms with Gasteiger partial charge < -0.3 is 11.5 Å².